The summed E-state index contributed by atoms with van der Waals surface area (Å²) >= 11 is 5.77. The van der Waals surface area contributed by atoms with Gasteiger partial charge in [0.25, 0.3) is 0 Å². The molecule has 0 radical (unpaired) electrons. The summed E-state index contributed by atoms with van der Waals surface area (Å²) < 4.78 is 11.0. The third-order valence-corrected chi connectivity index (χ3v) is 4.12. The number of likely N-dealkylation sites (tertiary alicyclic amines) is 1. The maximum absolute atomic E-state index is 5.77. The molecule has 0 N–H and O–H groups in total. The maximum Gasteiger partial charge on any atom is 0.233 e. The maximum atomic E-state index is 5.77. The van der Waals surface area contributed by atoms with Gasteiger partial charge in [0.05, 0.1) is 19.0 Å². The molecule has 0 saturated carbocycles. The summed E-state index contributed by atoms with van der Waals surface area (Å²) in [6.45, 7) is 5.99. The predicted molar refractivity (Wildman–Crippen MR) is 76.0 cm³/mol. The molecule has 20 heavy (non-hydrogen) atoms. The number of nitrogens with zero attached hydrogens (tertiary/aromatic N) is 3. The number of rotatable bonds is 5. The Balaban J connectivity index is 1.34. The lowest BCUT2D eigenvalue weighted by Gasteiger charge is -2.41. The summed E-state index contributed by atoms with van der Waals surface area (Å²) in [6, 6.07) is 0. The summed E-state index contributed by atoms with van der Waals surface area (Å²) in [5.41, 5.74) is 0. The molecule has 0 unspecified atom stereocenters. The van der Waals surface area contributed by atoms with Gasteiger partial charge in [-0.2, -0.15) is 4.98 Å². The van der Waals surface area contributed by atoms with Gasteiger partial charge in [-0.1, -0.05) is 11.6 Å². The van der Waals surface area contributed by atoms with E-state index >= 15 is 0 Å². The van der Waals surface area contributed by atoms with Crippen molar-refractivity contribution in [1.29, 1.82) is 0 Å². The molecule has 5 nitrogen and oxygen atoms in total. The van der Waals surface area contributed by atoms with Crippen LogP contribution >= 0.6 is 11.6 Å². The van der Waals surface area contributed by atoms with Crippen molar-refractivity contribution in [2.45, 2.75) is 12.8 Å². The number of ether oxygens (including phenoxy) is 2. The highest BCUT2D eigenvalue weighted by molar-refractivity contribution is 6.29. The zero-order valence-electron chi connectivity index (χ0n) is 11.5. The van der Waals surface area contributed by atoms with Crippen molar-refractivity contribution < 1.29 is 9.47 Å². The van der Waals surface area contributed by atoms with Gasteiger partial charge in [0.2, 0.25) is 5.88 Å². The van der Waals surface area contributed by atoms with Crippen molar-refractivity contribution in [2.75, 3.05) is 39.5 Å². The fourth-order valence-electron chi connectivity index (χ4n) is 2.82. The smallest absolute Gasteiger partial charge is 0.233 e. The van der Waals surface area contributed by atoms with E-state index in [2.05, 4.69) is 14.9 Å². The second-order valence-corrected chi connectivity index (χ2v) is 6.02. The summed E-state index contributed by atoms with van der Waals surface area (Å²) in [7, 11) is 0. The molecule has 2 aliphatic heterocycles. The second-order valence-electron chi connectivity index (χ2n) is 5.63. The van der Waals surface area contributed by atoms with Crippen LogP contribution in [0.15, 0.2) is 12.4 Å². The van der Waals surface area contributed by atoms with Crippen LogP contribution in [0, 0.1) is 11.8 Å². The Morgan fingerprint density at radius 1 is 1.25 bits per heavy atom. The van der Waals surface area contributed by atoms with E-state index in [4.69, 9.17) is 21.1 Å². The van der Waals surface area contributed by atoms with Gasteiger partial charge >= 0.3 is 0 Å². The third kappa shape index (κ3) is 3.81. The standard InChI is InChI=1S/C14H20ClN3O2/c15-13-5-16-6-14(17-13)20-10-12-8-18(9-12)7-11-1-3-19-4-2-11/h5-6,11-12H,1-4,7-10H2. The van der Waals surface area contributed by atoms with Gasteiger partial charge in [-0.15, -0.1) is 0 Å². The van der Waals surface area contributed by atoms with Gasteiger partial charge in [-0.05, 0) is 18.8 Å². The molecule has 0 amide bonds. The van der Waals surface area contributed by atoms with Crippen molar-refractivity contribution in [3.05, 3.63) is 17.5 Å². The molecule has 2 aliphatic rings. The van der Waals surface area contributed by atoms with Crippen LogP contribution in [-0.4, -0.2) is 54.3 Å². The number of hydrogen-bond acceptors (Lipinski definition) is 5. The molecule has 6 heteroatoms. The molecule has 2 saturated heterocycles. The van der Waals surface area contributed by atoms with Crippen molar-refractivity contribution >= 4 is 11.6 Å². The van der Waals surface area contributed by atoms with Crippen molar-refractivity contribution in [3.63, 3.8) is 0 Å². The van der Waals surface area contributed by atoms with Gasteiger partial charge < -0.3 is 14.4 Å². The minimum absolute atomic E-state index is 0.372. The van der Waals surface area contributed by atoms with E-state index in [9.17, 15) is 0 Å². The van der Waals surface area contributed by atoms with Gasteiger partial charge in [-0.25, -0.2) is 0 Å². The van der Waals surface area contributed by atoms with Crippen LogP contribution in [-0.2, 0) is 4.74 Å². The van der Waals surface area contributed by atoms with Crippen LogP contribution in [0.3, 0.4) is 0 Å². The summed E-state index contributed by atoms with van der Waals surface area (Å²) in [5, 5.41) is 0.372. The fraction of sp³-hybridized carbons (Fsp3) is 0.714. The Hall–Kier alpha value is -0.910. The quantitative estimate of drug-likeness (QED) is 0.830. The molecule has 0 aliphatic carbocycles. The average molecular weight is 298 g/mol. The summed E-state index contributed by atoms with van der Waals surface area (Å²) in [5.74, 6) is 1.92. The first kappa shape index (κ1) is 14.0. The molecule has 0 atom stereocenters. The predicted octanol–water partition coefficient (Wildman–Crippen LogP) is 1.87. The van der Waals surface area contributed by atoms with Crippen LogP contribution in [0.4, 0.5) is 0 Å². The monoisotopic (exact) mass is 297 g/mol. The topological polar surface area (TPSA) is 47.5 Å². The van der Waals surface area contributed by atoms with Gasteiger partial charge in [-0.3, -0.25) is 4.98 Å². The fourth-order valence-corrected chi connectivity index (χ4v) is 2.96. The highest BCUT2D eigenvalue weighted by Crippen LogP contribution is 2.22. The summed E-state index contributed by atoms with van der Waals surface area (Å²) in [4.78, 5) is 10.5. The molecule has 1 aromatic heterocycles. The molecular weight excluding hydrogens is 278 g/mol. The summed E-state index contributed by atoms with van der Waals surface area (Å²) in [6.07, 6.45) is 5.52. The molecule has 0 aromatic carbocycles. The number of hydrogen-bond donors (Lipinski definition) is 0. The third-order valence-electron chi connectivity index (χ3n) is 3.94. The molecule has 0 spiro atoms. The first-order chi connectivity index (χ1) is 9.79. The largest absolute Gasteiger partial charge is 0.476 e. The minimum Gasteiger partial charge on any atom is -0.476 e. The zero-order chi connectivity index (χ0) is 13.8. The van der Waals surface area contributed by atoms with Gasteiger partial charge in [0.15, 0.2) is 5.15 Å². The SMILES string of the molecule is Clc1cncc(OCC2CN(CC3CCOCC3)C2)n1. The first-order valence-electron chi connectivity index (χ1n) is 7.20. The van der Waals surface area contributed by atoms with Crippen LogP contribution in [0.5, 0.6) is 5.88 Å². The van der Waals surface area contributed by atoms with E-state index in [1.807, 2.05) is 0 Å². The highest BCUT2D eigenvalue weighted by atomic mass is 35.5. The lowest BCUT2D eigenvalue weighted by atomic mass is 9.95. The molecule has 1 aromatic rings. The highest BCUT2D eigenvalue weighted by Gasteiger charge is 2.29. The zero-order valence-corrected chi connectivity index (χ0v) is 12.3. The molecular formula is C14H20ClN3O2. The molecule has 3 heterocycles. The van der Waals surface area contributed by atoms with Crippen LogP contribution in [0.1, 0.15) is 12.8 Å². The molecule has 3 rings (SSSR count). The Kier molecular flexibility index (Phi) is 4.70. The molecule has 2 fully saturated rings. The van der Waals surface area contributed by atoms with E-state index in [0.717, 1.165) is 32.2 Å². The van der Waals surface area contributed by atoms with Crippen molar-refractivity contribution in [3.8, 4) is 5.88 Å². The number of aromatic nitrogens is 2. The van der Waals surface area contributed by atoms with E-state index in [0.29, 0.717) is 23.6 Å². The molecule has 0 bridgehead atoms. The normalized spacial score (nSPS) is 21.6. The van der Waals surface area contributed by atoms with Gasteiger partial charge in [0.1, 0.15) is 0 Å². The van der Waals surface area contributed by atoms with Gasteiger partial charge in [0, 0.05) is 38.8 Å². The second kappa shape index (κ2) is 6.70. The van der Waals surface area contributed by atoms with Crippen LogP contribution in [0.25, 0.3) is 0 Å². The Labute approximate surface area is 124 Å². The van der Waals surface area contributed by atoms with Crippen molar-refractivity contribution in [1.82, 2.24) is 14.9 Å². The van der Waals surface area contributed by atoms with Crippen molar-refractivity contribution in [2.24, 2.45) is 11.8 Å². The lowest BCUT2D eigenvalue weighted by molar-refractivity contribution is 0.0130. The van der Waals surface area contributed by atoms with E-state index < -0.39 is 0 Å². The first-order valence-corrected chi connectivity index (χ1v) is 7.58. The number of halogens is 1. The lowest BCUT2D eigenvalue weighted by Crippen LogP contribution is -2.51. The average Bonchev–Trinajstić information content (AvgIpc) is 2.42. The minimum atomic E-state index is 0.372. The van der Waals surface area contributed by atoms with E-state index in [1.54, 1.807) is 6.20 Å². The Morgan fingerprint density at radius 2 is 2.05 bits per heavy atom. The Bertz CT molecular complexity index is 434. The van der Waals surface area contributed by atoms with E-state index in [-0.39, 0.29) is 0 Å². The molecule has 110 valence electrons. The van der Waals surface area contributed by atoms with Crippen LogP contribution < -0.4 is 4.74 Å². The van der Waals surface area contributed by atoms with Crippen LogP contribution in [0.2, 0.25) is 5.15 Å². The van der Waals surface area contributed by atoms with E-state index in [1.165, 1.54) is 25.6 Å². The Morgan fingerprint density at radius 3 is 2.80 bits per heavy atom.